The molecule has 2 nitrogen and oxygen atoms in total. The summed E-state index contributed by atoms with van der Waals surface area (Å²) in [6.07, 6.45) is 0.950. The summed E-state index contributed by atoms with van der Waals surface area (Å²) < 4.78 is 13.2. The van der Waals surface area contributed by atoms with Crippen LogP contribution in [0, 0.1) is 5.82 Å². The molecule has 0 aromatic heterocycles. The lowest BCUT2D eigenvalue weighted by Crippen LogP contribution is -2.48. The Morgan fingerprint density at radius 1 is 1.29 bits per heavy atom. The summed E-state index contributed by atoms with van der Waals surface area (Å²) in [7, 11) is 3.91. The van der Waals surface area contributed by atoms with E-state index < -0.39 is 6.10 Å². The van der Waals surface area contributed by atoms with Gasteiger partial charge in [0.2, 0.25) is 0 Å². The molecule has 0 bridgehead atoms. The van der Waals surface area contributed by atoms with Crippen LogP contribution in [-0.4, -0.2) is 29.6 Å². The SMILES string of the molecule is CCC(CC)(C(O)c1cccc(F)c1)N(C)C. The summed E-state index contributed by atoms with van der Waals surface area (Å²) in [6, 6.07) is 6.22. The van der Waals surface area contributed by atoms with Gasteiger partial charge in [0.05, 0.1) is 6.10 Å². The first-order valence-electron chi connectivity index (χ1n) is 6.09. The monoisotopic (exact) mass is 239 g/mol. The lowest BCUT2D eigenvalue weighted by atomic mass is 9.81. The Balaban J connectivity index is 3.12. The van der Waals surface area contributed by atoms with Gasteiger partial charge in [-0.3, -0.25) is 0 Å². The zero-order valence-electron chi connectivity index (χ0n) is 11.1. The maximum atomic E-state index is 13.2. The molecular formula is C14H22FNO. The van der Waals surface area contributed by atoms with Crippen molar-refractivity contribution in [3.63, 3.8) is 0 Å². The minimum atomic E-state index is -0.678. The Morgan fingerprint density at radius 3 is 2.29 bits per heavy atom. The summed E-state index contributed by atoms with van der Waals surface area (Å²) in [5, 5.41) is 10.5. The van der Waals surface area contributed by atoms with Gasteiger partial charge >= 0.3 is 0 Å². The lowest BCUT2D eigenvalue weighted by molar-refractivity contribution is -0.0151. The van der Waals surface area contributed by atoms with Gasteiger partial charge in [0, 0.05) is 5.54 Å². The van der Waals surface area contributed by atoms with Gasteiger partial charge in [0.25, 0.3) is 0 Å². The number of halogens is 1. The highest BCUT2D eigenvalue weighted by molar-refractivity contribution is 5.22. The molecule has 0 saturated carbocycles. The highest BCUT2D eigenvalue weighted by Crippen LogP contribution is 2.35. The number of hydrogen-bond acceptors (Lipinski definition) is 2. The zero-order chi connectivity index (χ0) is 13.1. The Hall–Kier alpha value is -0.930. The van der Waals surface area contributed by atoms with Gasteiger partial charge in [0.1, 0.15) is 5.82 Å². The molecule has 1 unspecified atom stereocenters. The standard InChI is InChI=1S/C14H22FNO/c1-5-14(6-2,16(3)4)13(17)11-8-7-9-12(15)10-11/h7-10,13,17H,5-6H2,1-4H3. The van der Waals surface area contributed by atoms with Crippen LogP contribution in [0.25, 0.3) is 0 Å². The van der Waals surface area contributed by atoms with E-state index in [9.17, 15) is 9.50 Å². The predicted octanol–water partition coefficient (Wildman–Crippen LogP) is 2.98. The number of likely N-dealkylation sites (N-methyl/N-ethyl adjacent to an activating group) is 1. The van der Waals surface area contributed by atoms with E-state index in [2.05, 4.69) is 0 Å². The Bertz CT molecular complexity index is 361. The molecule has 0 fully saturated rings. The molecule has 1 aromatic rings. The molecule has 0 aliphatic carbocycles. The molecule has 0 amide bonds. The topological polar surface area (TPSA) is 23.5 Å². The average Bonchev–Trinajstić information content (AvgIpc) is 2.30. The number of aliphatic hydroxyl groups excluding tert-OH is 1. The highest BCUT2D eigenvalue weighted by atomic mass is 19.1. The number of aliphatic hydroxyl groups is 1. The smallest absolute Gasteiger partial charge is 0.123 e. The molecule has 0 saturated heterocycles. The Morgan fingerprint density at radius 2 is 1.88 bits per heavy atom. The number of hydrogen-bond donors (Lipinski definition) is 1. The van der Waals surface area contributed by atoms with Crippen LogP contribution < -0.4 is 0 Å². The molecule has 0 heterocycles. The van der Waals surface area contributed by atoms with Crippen LogP contribution in [0.3, 0.4) is 0 Å². The first-order chi connectivity index (χ1) is 7.97. The maximum absolute atomic E-state index is 13.2. The highest BCUT2D eigenvalue weighted by Gasteiger charge is 2.37. The first kappa shape index (κ1) is 14.1. The van der Waals surface area contributed by atoms with Crippen LogP contribution in [0.5, 0.6) is 0 Å². The second kappa shape index (κ2) is 5.61. The van der Waals surface area contributed by atoms with E-state index in [1.54, 1.807) is 12.1 Å². The van der Waals surface area contributed by atoms with Crippen LogP contribution in [0.1, 0.15) is 38.4 Å². The van der Waals surface area contributed by atoms with Gasteiger partial charge in [-0.05, 0) is 44.6 Å². The van der Waals surface area contributed by atoms with Gasteiger partial charge in [-0.15, -0.1) is 0 Å². The van der Waals surface area contributed by atoms with Crippen molar-refractivity contribution < 1.29 is 9.50 Å². The van der Waals surface area contributed by atoms with E-state index >= 15 is 0 Å². The van der Waals surface area contributed by atoms with Gasteiger partial charge < -0.3 is 10.0 Å². The minimum absolute atomic E-state index is 0.304. The second-order valence-electron chi connectivity index (χ2n) is 4.66. The van der Waals surface area contributed by atoms with Crippen molar-refractivity contribution in [1.29, 1.82) is 0 Å². The molecule has 1 rings (SSSR count). The number of rotatable bonds is 5. The fraction of sp³-hybridized carbons (Fsp3) is 0.571. The van der Waals surface area contributed by atoms with Crippen LogP contribution in [0.2, 0.25) is 0 Å². The van der Waals surface area contributed by atoms with Gasteiger partial charge in [-0.25, -0.2) is 4.39 Å². The van der Waals surface area contributed by atoms with Gasteiger partial charge in [-0.2, -0.15) is 0 Å². The van der Waals surface area contributed by atoms with Crippen molar-refractivity contribution in [2.45, 2.75) is 38.3 Å². The van der Waals surface area contributed by atoms with E-state index in [-0.39, 0.29) is 11.4 Å². The molecule has 0 radical (unpaired) electrons. The maximum Gasteiger partial charge on any atom is 0.123 e. The van der Waals surface area contributed by atoms with E-state index in [1.165, 1.54) is 12.1 Å². The minimum Gasteiger partial charge on any atom is -0.386 e. The molecule has 1 N–H and O–H groups in total. The molecule has 3 heteroatoms. The van der Waals surface area contributed by atoms with Crippen molar-refractivity contribution in [2.75, 3.05) is 14.1 Å². The first-order valence-corrected chi connectivity index (χ1v) is 6.09. The summed E-state index contributed by atoms with van der Waals surface area (Å²) in [4.78, 5) is 2.03. The molecule has 0 spiro atoms. The molecule has 0 aliphatic rings. The third-order valence-electron chi connectivity index (χ3n) is 3.79. The molecule has 1 aromatic carbocycles. The second-order valence-corrected chi connectivity index (χ2v) is 4.66. The van der Waals surface area contributed by atoms with E-state index in [4.69, 9.17) is 0 Å². The average molecular weight is 239 g/mol. The number of nitrogens with zero attached hydrogens (tertiary/aromatic N) is 1. The fourth-order valence-corrected chi connectivity index (χ4v) is 2.50. The van der Waals surface area contributed by atoms with Crippen molar-refractivity contribution in [1.82, 2.24) is 4.90 Å². The Labute approximate surface area is 103 Å². The normalized spacial score (nSPS) is 14.1. The zero-order valence-corrected chi connectivity index (χ0v) is 11.1. The quantitative estimate of drug-likeness (QED) is 0.854. The van der Waals surface area contributed by atoms with Crippen molar-refractivity contribution >= 4 is 0 Å². The predicted molar refractivity (Wildman–Crippen MR) is 68.4 cm³/mol. The summed E-state index contributed by atoms with van der Waals surface area (Å²) in [5.41, 5.74) is 0.302. The third-order valence-corrected chi connectivity index (χ3v) is 3.79. The van der Waals surface area contributed by atoms with E-state index in [0.29, 0.717) is 5.56 Å². The fourth-order valence-electron chi connectivity index (χ4n) is 2.50. The van der Waals surface area contributed by atoms with Crippen molar-refractivity contribution in [3.05, 3.63) is 35.6 Å². The molecular weight excluding hydrogens is 217 g/mol. The van der Waals surface area contributed by atoms with Crippen molar-refractivity contribution in [3.8, 4) is 0 Å². The van der Waals surface area contributed by atoms with Crippen LogP contribution in [0.15, 0.2) is 24.3 Å². The van der Waals surface area contributed by atoms with Crippen LogP contribution in [0.4, 0.5) is 4.39 Å². The molecule has 1 atom stereocenters. The summed E-state index contributed by atoms with van der Waals surface area (Å²) in [6.45, 7) is 4.10. The summed E-state index contributed by atoms with van der Waals surface area (Å²) >= 11 is 0. The third kappa shape index (κ3) is 2.67. The summed E-state index contributed by atoms with van der Waals surface area (Å²) in [5.74, 6) is -0.304. The van der Waals surface area contributed by atoms with Crippen LogP contribution in [-0.2, 0) is 0 Å². The van der Waals surface area contributed by atoms with E-state index in [0.717, 1.165) is 12.8 Å². The number of benzene rings is 1. The van der Waals surface area contributed by atoms with Crippen LogP contribution >= 0.6 is 0 Å². The molecule has 17 heavy (non-hydrogen) atoms. The van der Waals surface area contributed by atoms with E-state index in [1.807, 2.05) is 32.8 Å². The lowest BCUT2D eigenvalue weighted by Gasteiger charge is -2.42. The largest absolute Gasteiger partial charge is 0.386 e. The Kier molecular flexibility index (Phi) is 4.66. The molecule has 96 valence electrons. The molecule has 0 aliphatic heterocycles. The van der Waals surface area contributed by atoms with Crippen molar-refractivity contribution in [2.24, 2.45) is 0 Å². The van der Waals surface area contributed by atoms with Gasteiger partial charge in [-0.1, -0.05) is 26.0 Å². The van der Waals surface area contributed by atoms with Gasteiger partial charge in [0.15, 0.2) is 0 Å².